The van der Waals surface area contributed by atoms with E-state index >= 15 is 0 Å². The van der Waals surface area contributed by atoms with Crippen molar-refractivity contribution in [3.05, 3.63) is 59.2 Å². The van der Waals surface area contributed by atoms with E-state index in [1.54, 1.807) is 11.0 Å². The largest absolute Gasteiger partial charge is 0.339 e. The lowest BCUT2D eigenvalue weighted by molar-refractivity contribution is -0.129. The average molecular weight is 419 g/mol. The first-order valence-electron chi connectivity index (χ1n) is 9.32. The molecule has 2 aromatic carbocycles. The smallest absolute Gasteiger partial charge is 0.243 e. The minimum atomic E-state index is -3.53. The Morgan fingerprint density at radius 1 is 0.929 bits per heavy atom. The highest BCUT2D eigenvalue weighted by Gasteiger charge is 2.30. The fourth-order valence-electron chi connectivity index (χ4n) is 3.28. The summed E-state index contributed by atoms with van der Waals surface area (Å²) in [6, 6.07) is 13.5. The van der Waals surface area contributed by atoms with Gasteiger partial charge in [-0.05, 0) is 44.5 Å². The Labute approximate surface area is 171 Å². The fraction of sp³-hybridized carbons (Fsp3) is 0.381. The van der Waals surface area contributed by atoms with Crippen molar-refractivity contribution in [3.63, 3.8) is 0 Å². The molecule has 5 nitrogen and oxygen atoms in total. The van der Waals surface area contributed by atoms with Gasteiger partial charge in [0.15, 0.2) is 0 Å². The maximum Gasteiger partial charge on any atom is 0.243 e. The number of piperazine rings is 1. The molecule has 2 aromatic rings. The number of rotatable bonds is 5. The highest BCUT2D eigenvalue weighted by Crippen LogP contribution is 2.23. The molecule has 28 heavy (non-hydrogen) atoms. The number of benzene rings is 2. The zero-order chi connectivity index (χ0) is 20.3. The molecular weight excluding hydrogens is 392 g/mol. The van der Waals surface area contributed by atoms with Gasteiger partial charge in [-0.3, -0.25) is 4.79 Å². The van der Waals surface area contributed by atoms with Gasteiger partial charge in [0, 0.05) is 31.1 Å². The number of carbonyl (C=O) groups excluding carboxylic acids is 1. The maximum absolute atomic E-state index is 13.0. The first-order chi connectivity index (χ1) is 13.3. The minimum absolute atomic E-state index is 0.0501. The maximum atomic E-state index is 13.0. The number of thioether (sulfide) groups is 1. The molecule has 1 fully saturated rings. The van der Waals surface area contributed by atoms with Crippen LogP contribution >= 0.6 is 11.8 Å². The molecule has 0 bridgehead atoms. The molecule has 150 valence electrons. The van der Waals surface area contributed by atoms with Crippen LogP contribution < -0.4 is 0 Å². The third-order valence-corrected chi connectivity index (χ3v) is 7.98. The van der Waals surface area contributed by atoms with Gasteiger partial charge in [0.05, 0.1) is 10.6 Å². The lowest BCUT2D eigenvalue weighted by atomic mass is 10.2. The molecule has 0 radical (unpaired) electrons. The van der Waals surface area contributed by atoms with Crippen molar-refractivity contribution >= 4 is 27.7 Å². The fourth-order valence-corrected chi connectivity index (χ4v) is 5.71. The van der Waals surface area contributed by atoms with Gasteiger partial charge in [0.2, 0.25) is 15.9 Å². The van der Waals surface area contributed by atoms with E-state index in [1.165, 1.54) is 21.6 Å². The Morgan fingerprint density at radius 3 is 2.14 bits per heavy atom. The van der Waals surface area contributed by atoms with E-state index in [-0.39, 0.29) is 5.91 Å². The summed E-state index contributed by atoms with van der Waals surface area (Å²) >= 11 is 1.51. The van der Waals surface area contributed by atoms with E-state index in [9.17, 15) is 13.2 Å². The molecule has 1 aliphatic heterocycles. The molecular formula is C21H26N2O3S2. The molecule has 0 N–H and O–H groups in total. The highest BCUT2D eigenvalue weighted by atomic mass is 32.2. The summed E-state index contributed by atoms with van der Waals surface area (Å²) in [6.07, 6.45) is 0. The summed E-state index contributed by atoms with van der Waals surface area (Å²) in [6.45, 7) is 7.32. The van der Waals surface area contributed by atoms with Crippen LogP contribution in [0.3, 0.4) is 0 Å². The van der Waals surface area contributed by atoms with Gasteiger partial charge >= 0.3 is 0 Å². The predicted octanol–water partition coefficient (Wildman–Crippen LogP) is 3.24. The molecule has 0 spiro atoms. The molecule has 0 unspecified atom stereocenters. The number of carbonyl (C=O) groups is 1. The molecule has 0 aliphatic carbocycles. The molecule has 0 aromatic heterocycles. The Hall–Kier alpha value is -1.83. The number of aryl methyl sites for hydroxylation is 3. The molecule has 0 saturated carbocycles. The minimum Gasteiger partial charge on any atom is -0.339 e. The van der Waals surface area contributed by atoms with Gasteiger partial charge in [-0.25, -0.2) is 8.42 Å². The molecule has 3 rings (SSSR count). The highest BCUT2D eigenvalue weighted by molar-refractivity contribution is 8.00. The number of amides is 1. The Balaban J connectivity index is 1.57. The summed E-state index contributed by atoms with van der Waals surface area (Å²) in [5.41, 5.74) is 2.99. The van der Waals surface area contributed by atoms with Crippen LogP contribution in [0.25, 0.3) is 0 Å². The monoisotopic (exact) mass is 418 g/mol. The second-order valence-electron chi connectivity index (χ2n) is 7.16. The van der Waals surface area contributed by atoms with Crippen molar-refractivity contribution in [2.45, 2.75) is 30.6 Å². The van der Waals surface area contributed by atoms with Gasteiger partial charge < -0.3 is 4.90 Å². The molecule has 7 heteroatoms. The van der Waals surface area contributed by atoms with Crippen molar-refractivity contribution in [1.29, 1.82) is 0 Å². The van der Waals surface area contributed by atoms with E-state index in [0.717, 1.165) is 16.0 Å². The van der Waals surface area contributed by atoms with Crippen molar-refractivity contribution in [1.82, 2.24) is 9.21 Å². The number of hydrogen-bond donors (Lipinski definition) is 0. The summed E-state index contributed by atoms with van der Waals surface area (Å²) in [7, 11) is -3.53. The summed E-state index contributed by atoms with van der Waals surface area (Å²) < 4.78 is 27.4. The van der Waals surface area contributed by atoms with Crippen LogP contribution in [0.5, 0.6) is 0 Å². The Bertz CT molecular complexity index is 948. The number of nitrogens with zero attached hydrogens (tertiary/aromatic N) is 2. The third kappa shape index (κ3) is 4.77. The van der Waals surface area contributed by atoms with E-state index in [1.807, 2.05) is 57.2 Å². The average Bonchev–Trinajstić information content (AvgIpc) is 2.67. The zero-order valence-electron chi connectivity index (χ0n) is 16.5. The second kappa shape index (κ2) is 8.68. The molecule has 0 atom stereocenters. The molecule has 1 heterocycles. The standard InChI is InChI=1S/C21H26N2O3S2/c1-16-4-7-19(8-5-16)27-15-21(24)22-10-12-23(13-11-22)28(25,26)20-9-6-17(2)14-18(20)3/h4-9,14H,10-13,15H2,1-3H3. The van der Waals surface area contributed by atoms with Crippen LogP contribution in [-0.2, 0) is 14.8 Å². The number of hydrogen-bond acceptors (Lipinski definition) is 4. The second-order valence-corrected chi connectivity index (χ2v) is 10.1. The Morgan fingerprint density at radius 2 is 1.54 bits per heavy atom. The quantitative estimate of drug-likeness (QED) is 0.700. The van der Waals surface area contributed by atoms with Gasteiger partial charge in [-0.15, -0.1) is 11.8 Å². The van der Waals surface area contributed by atoms with Crippen LogP contribution in [0.2, 0.25) is 0 Å². The number of sulfonamides is 1. The summed E-state index contributed by atoms with van der Waals surface area (Å²) in [5, 5.41) is 0. The first-order valence-corrected chi connectivity index (χ1v) is 11.7. The first kappa shape index (κ1) is 20.9. The third-order valence-electron chi connectivity index (χ3n) is 4.92. The van der Waals surface area contributed by atoms with Gasteiger partial charge in [0.1, 0.15) is 0 Å². The zero-order valence-corrected chi connectivity index (χ0v) is 18.1. The van der Waals surface area contributed by atoms with E-state index in [2.05, 4.69) is 0 Å². The van der Waals surface area contributed by atoms with Gasteiger partial charge in [0.25, 0.3) is 0 Å². The summed E-state index contributed by atoms with van der Waals surface area (Å²) in [4.78, 5) is 15.7. The Kier molecular flexibility index (Phi) is 6.47. The molecule has 1 amide bonds. The normalized spacial score (nSPS) is 15.6. The van der Waals surface area contributed by atoms with E-state index in [4.69, 9.17) is 0 Å². The van der Waals surface area contributed by atoms with Crippen molar-refractivity contribution in [3.8, 4) is 0 Å². The van der Waals surface area contributed by atoms with Crippen LogP contribution in [0.15, 0.2) is 52.3 Å². The van der Waals surface area contributed by atoms with Crippen molar-refractivity contribution in [2.75, 3.05) is 31.9 Å². The van der Waals surface area contributed by atoms with Crippen LogP contribution in [0.4, 0.5) is 0 Å². The van der Waals surface area contributed by atoms with Gasteiger partial charge in [-0.1, -0.05) is 35.4 Å². The lowest BCUT2D eigenvalue weighted by Crippen LogP contribution is -2.51. The van der Waals surface area contributed by atoms with Crippen molar-refractivity contribution in [2.24, 2.45) is 0 Å². The predicted molar refractivity (Wildman–Crippen MR) is 113 cm³/mol. The van der Waals surface area contributed by atoms with E-state index in [0.29, 0.717) is 36.8 Å². The molecule has 1 saturated heterocycles. The van der Waals surface area contributed by atoms with E-state index < -0.39 is 10.0 Å². The van der Waals surface area contributed by atoms with Crippen LogP contribution in [0, 0.1) is 20.8 Å². The van der Waals surface area contributed by atoms with Crippen molar-refractivity contribution < 1.29 is 13.2 Å². The van der Waals surface area contributed by atoms with Crippen LogP contribution in [0.1, 0.15) is 16.7 Å². The molecule has 1 aliphatic rings. The summed E-state index contributed by atoms with van der Waals surface area (Å²) in [5.74, 6) is 0.418. The lowest BCUT2D eigenvalue weighted by Gasteiger charge is -2.34. The SMILES string of the molecule is Cc1ccc(SCC(=O)N2CCN(S(=O)(=O)c3ccc(C)cc3C)CC2)cc1. The van der Waals surface area contributed by atoms with Gasteiger partial charge in [-0.2, -0.15) is 4.31 Å². The van der Waals surface area contributed by atoms with Crippen LogP contribution in [-0.4, -0.2) is 55.5 Å². The topological polar surface area (TPSA) is 57.7 Å².